The van der Waals surface area contributed by atoms with Gasteiger partial charge in [-0.25, -0.2) is 4.79 Å². The van der Waals surface area contributed by atoms with Crippen LogP contribution in [-0.2, 0) is 16.0 Å². The van der Waals surface area contributed by atoms with E-state index in [0.717, 1.165) is 5.56 Å². The average molecular weight is 305 g/mol. The molecule has 0 aliphatic rings. The molecule has 0 fully saturated rings. The molecule has 0 aliphatic carbocycles. The number of rotatable bonds is 5. The Hall–Kier alpha value is -1.46. The van der Waals surface area contributed by atoms with E-state index in [9.17, 15) is 14.7 Å². The lowest BCUT2D eigenvalue weighted by molar-refractivity contribution is -0.146. The standard InChI is InChI=1S/C12H14Cl2N2O3/c1-12(11(18)19,16-10(17)9(13)14)6-7-2-4-8(15)5-3-7/h2-5,9H,6,15H2,1H3,(H,16,17)(H,18,19). The number of nitrogens with two attached hydrogens (primary N) is 1. The number of nitrogens with one attached hydrogen (secondary N) is 1. The fourth-order valence-corrected chi connectivity index (χ4v) is 1.65. The van der Waals surface area contributed by atoms with Gasteiger partial charge in [-0.3, -0.25) is 4.79 Å². The maximum Gasteiger partial charge on any atom is 0.329 e. The molecular weight excluding hydrogens is 291 g/mol. The zero-order valence-corrected chi connectivity index (χ0v) is 11.7. The van der Waals surface area contributed by atoms with Gasteiger partial charge in [-0.05, 0) is 24.6 Å². The quantitative estimate of drug-likeness (QED) is 0.569. The van der Waals surface area contributed by atoms with E-state index in [0.29, 0.717) is 5.69 Å². The van der Waals surface area contributed by atoms with Crippen LogP contribution in [0.4, 0.5) is 5.69 Å². The summed E-state index contributed by atoms with van der Waals surface area (Å²) in [7, 11) is 0. The van der Waals surface area contributed by atoms with Crippen molar-refractivity contribution >= 4 is 40.8 Å². The number of carboxylic acid groups (broad SMARTS) is 1. The monoisotopic (exact) mass is 304 g/mol. The van der Waals surface area contributed by atoms with Crippen LogP contribution >= 0.6 is 23.2 Å². The van der Waals surface area contributed by atoms with E-state index in [-0.39, 0.29) is 6.42 Å². The SMILES string of the molecule is CC(Cc1ccc(N)cc1)(NC(=O)C(Cl)Cl)C(=O)O. The second-order valence-electron chi connectivity index (χ2n) is 4.35. The van der Waals surface area contributed by atoms with Crippen molar-refractivity contribution in [2.75, 3.05) is 5.73 Å². The van der Waals surface area contributed by atoms with Crippen molar-refractivity contribution in [1.82, 2.24) is 5.32 Å². The summed E-state index contributed by atoms with van der Waals surface area (Å²) in [6, 6.07) is 6.71. The summed E-state index contributed by atoms with van der Waals surface area (Å²) in [6.45, 7) is 1.39. The average Bonchev–Trinajstić information content (AvgIpc) is 2.31. The Balaban J connectivity index is 2.90. The highest BCUT2D eigenvalue weighted by atomic mass is 35.5. The molecule has 0 heterocycles. The molecule has 0 saturated heterocycles. The lowest BCUT2D eigenvalue weighted by Crippen LogP contribution is -2.55. The predicted molar refractivity (Wildman–Crippen MR) is 74.2 cm³/mol. The van der Waals surface area contributed by atoms with Crippen LogP contribution in [0.2, 0.25) is 0 Å². The number of benzene rings is 1. The lowest BCUT2D eigenvalue weighted by Gasteiger charge is -2.26. The van der Waals surface area contributed by atoms with Crippen molar-refractivity contribution in [3.05, 3.63) is 29.8 Å². The third-order valence-corrected chi connectivity index (χ3v) is 3.00. The minimum absolute atomic E-state index is 0.0921. The summed E-state index contributed by atoms with van der Waals surface area (Å²) in [5.74, 6) is -1.92. The van der Waals surface area contributed by atoms with Crippen LogP contribution in [0, 0.1) is 0 Å². The normalized spacial score (nSPS) is 13.9. The van der Waals surface area contributed by atoms with E-state index in [1.165, 1.54) is 6.92 Å². The Morgan fingerprint density at radius 1 is 1.37 bits per heavy atom. The number of carbonyl (C=O) groups excluding carboxylic acids is 1. The van der Waals surface area contributed by atoms with Crippen LogP contribution in [0.15, 0.2) is 24.3 Å². The summed E-state index contributed by atoms with van der Waals surface area (Å²) in [5, 5.41) is 11.6. The van der Waals surface area contributed by atoms with E-state index < -0.39 is 22.3 Å². The Kier molecular flexibility index (Phi) is 5.03. The van der Waals surface area contributed by atoms with Crippen LogP contribution in [0.1, 0.15) is 12.5 Å². The van der Waals surface area contributed by atoms with Gasteiger partial charge in [0.25, 0.3) is 5.91 Å². The molecule has 0 aromatic heterocycles. The third-order valence-electron chi connectivity index (χ3n) is 2.61. The molecule has 0 aliphatic heterocycles. The fourth-order valence-electron chi connectivity index (χ4n) is 1.54. The lowest BCUT2D eigenvalue weighted by atomic mass is 9.92. The topological polar surface area (TPSA) is 92.4 Å². The van der Waals surface area contributed by atoms with E-state index in [4.69, 9.17) is 28.9 Å². The van der Waals surface area contributed by atoms with E-state index in [1.807, 2.05) is 0 Å². The first-order valence-corrected chi connectivity index (χ1v) is 6.30. The summed E-state index contributed by atoms with van der Waals surface area (Å²) in [4.78, 5) is 21.5. The maximum atomic E-state index is 11.4. The number of aliphatic carboxylic acids is 1. The minimum atomic E-state index is -1.49. The third kappa shape index (κ3) is 4.29. The van der Waals surface area contributed by atoms with Crippen LogP contribution < -0.4 is 11.1 Å². The highest BCUT2D eigenvalue weighted by Gasteiger charge is 2.36. The van der Waals surface area contributed by atoms with Gasteiger partial charge in [-0.2, -0.15) is 0 Å². The molecule has 0 bridgehead atoms. The number of halogens is 2. The van der Waals surface area contributed by atoms with Crippen molar-refractivity contribution in [1.29, 1.82) is 0 Å². The molecule has 19 heavy (non-hydrogen) atoms. The molecule has 5 nitrogen and oxygen atoms in total. The van der Waals surface area contributed by atoms with Crippen LogP contribution in [0.25, 0.3) is 0 Å². The smallest absolute Gasteiger partial charge is 0.329 e. The number of carboxylic acids is 1. The van der Waals surface area contributed by atoms with E-state index >= 15 is 0 Å². The van der Waals surface area contributed by atoms with E-state index in [2.05, 4.69) is 5.32 Å². The highest BCUT2D eigenvalue weighted by Crippen LogP contribution is 2.16. The van der Waals surface area contributed by atoms with Crippen molar-refractivity contribution in [2.24, 2.45) is 0 Å². The Labute approximate surface area is 120 Å². The molecule has 1 aromatic rings. The van der Waals surface area contributed by atoms with Crippen molar-refractivity contribution < 1.29 is 14.7 Å². The maximum absolute atomic E-state index is 11.4. The van der Waals surface area contributed by atoms with Gasteiger partial charge in [0.2, 0.25) is 0 Å². The van der Waals surface area contributed by atoms with Crippen LogP contribution in [-0.4, -0.2) is 27.4 Å². The van der Waals surface area contributed by atoms with Gasteiger partial charge in [0.1, 0.15) is 5.54 Å². The number of hydrogen-bond donors (Lipinski definition) is 3. The molecule has 0 radical (unpaired) electrons. The summed E-state index contributed by atoms with van der Waals surface area (Å²) < 4.78 is 0. The number of anilines is 1. The molecule has 4 N–H and O–H groups in total. The number of carbonyl (C=O) groups is 2. The first-order chi connectivity index (χ1) is 8.74. The summed E-state index contributed by atoms with van der Waals surface area (Å²) >= 11 is 10.8. The fraction of sp³-hybridized carbons (Fsp3) is 0.333. The molecular formula is C12H14Cl2N2O3. The molecule has 1 amide bonds. The van der Waals surface area contributed by atoms with Gasteiger partial charge in [0.05, 0.1) is 0 Å². The van der Waals surface area contributed by atoms with Crippen molar-refractivity contribution in [2.45, 2.75) is 23.7 Å². The van der Waals surface area contributed by atoms with Gasteiger partial charge in [-0.15, -0.1) is 0 Å². The summed E-state index contributed by atoms with van der Waals surface area (Å²) in [6.07, 6.45) is 0.0921. The van der Waals surface area contributed by atoms with Gasteiger partial charge >= 0.3 is 5.97 Å². The van der Waals surface area contributed by atoms with Crippen molar-refractivity contribution in [3.63, 3.8) is 0 Å². The number of nitrogen functional groups attached to an aromatic ring is 1. The van der Waals surface area contributed by atoms with Crippen molar-refractivity contribution in [3.8, 4) is 0 Å². The Bertz CT molecular complexity index is 476. The Morgan fingerprint density at radius 2 is 1.89 bits per heavy atom. The van der Waals surface area contributed by atoms with Gasteiger partial charge in [0, 0.05) is 12.1 Å². The first-order valence-electron chi connectivity index (χ1n) is 5.42. The van der Waals surface area contributed by atoms with Crippen LogP contribution in [0.5, 0.6) is 0 Å². The molecule has 1 unspecified atom stereocenters. The molecule has 0 spiro atoms. The second-order valence-corrected chi connectivity index (χ2v) is 5.44. The number of amides is 1. The molecule has 0 saturated carbocycles. The molecule has 7 heteroatoms. The van der Waals surface area contributed by atoms with Crippen LogP contribution in [0.3, 0.4) is 0 Å². The molecule has 104 valence electrons. The van der Waals surface area contributed by atoms with Gasteiger partial charge < -0.3 is 16.2 Å². The zero-order valence-electron chi connectivity index (χ0n) is 10.2. The number of hydrogen-bond acceptors (Lipinski definition) is 3. The van der Waals surface area contributed by atoms with Gasteiger partial charge in [0.15, 0.2) is 4.84 Å². The molecule has 1 atom stereocenters. The van der Waals surface area contributed by atoms with E-state index in [1.54, 1.807) is 24.3 Å². The summed E-state index contributed by atoms with van der Waals surface area (Å²) in [5.41, 5.74) is 5.36. The highest BCUT2D eigenvalue weighted by molar-refractivity contribution is 6.53. The molecule has 1 rings (SSSR count). The second kappa shape index (κ2) is 6.12. The zero-order chi connectivity index (χ0) is 14.6. The molecule has 1 aromatic carbocycles. The van der Waals surface area contributed by atoms with Gasteiger partial charge in [-0.1, -0.05) is 35.3 Å². The number of alkyl halides is 2. The Morgan fingerprint density at radius 3 is 2.32 bits per heavy atom. The minimum Gasteiger partial charge on any atom is -0.480 e. The predicted octanol–water partition coefficient (Wildman–Crippen LogP) is 1.57. The first kappa shape index (κ1) is 15.6. The largest absolute Gasteiger partial charge is 0.480 e.